The molecule has 0 saturated heterocycles. The van der Waals surface area contributed by atoms with Gasteiger partial charge in [-0.3, -0.25) is 0 Å². The fourth-order valence-corrected chi connectivity index (χ4v) is 2.19. The normalized spacial score (nSPS) is 10.6. The molecule has 0 atom stereocenters. The number of nitrogens with zero attached hydrogens (tertiary/aromatic N) is 4. The second-order valence-corrected chi connectivity index (χ2v) is 5.10. The number of halogens is 1. The molecule has 0 aliphatic carbocycles. The molecule has 0 aliphatic rings. The maximum Gasteiger partial charge on any atom is 0.368 e. The third kappa shape index (κ3) is 2.87. The Morgan fingerprint density at radius 2 is 1.91 bits per heavy atom. The Morgan fingerprint density at radius 3 is 2.64 bits per heavy atom. The second-order valence-electron chi connectivity index (χ2n) is 4.66. The van der Waals surface area contributed by atoms with E-state index in [0.717, 1.165) is 11.3 Å². The summed E-state index contributed by atoms with van der Waals surface area (Å²) in [6.07, 6.45) is 0. The van der Waals surface area contributed by atoms with Gasteiger partial charge in [-0.05, 0) is 52.4 Å². The molecule has 22 heavy (non-hydrogen) atoms. The molecule has 2 aromatic carbocycles. The first kappa shape index (κ1) is 14.3. The molecule has 0 N–H and O–H groups in total. The molecule has 3 rings (SSSR count). The molecule has 0 bridgehead atoms. The lowest BCUT2D eigenvalue weighted by molar-refractivity contribution is 0.414. The molecule has 112 valence electrons. The summed E-state index contributed by atoms with van der Waals surface area (Å²) < 4.78 is 7.70. The number of ether oxygens (including phenoxy) is 1. The highest BCUT2D eigenvalue weighted by Gasteiger charge is 2.09. The van der Waals surface area contributed by atoms with Gasteiger partial charge >= 0.3 is 5.69 Å². The van der Waals surface area contributed by atoms with Gasteiger partial charge in [-0.2, -0.15) is 9.36 Å². The van der Waals surface area contributed by atoms with Crippen molar-refractivity contribution in [2.24, 2.45) is 0 Å². The molecule has 3 aromatic rings. The smallest absolute Gasteiger partial charge is 0.368 e. The third-order valence-electron chi connectivity index (χ3n) is 3.18. The van der Waals surface area contributed by atoms with Crippen LogP contribution in [0.15, 0.2) is 53.3 Å². The molecule has 1 heterocycles. The molecule has 0 spiro atoms. The molecular weight excluding hydrogens is 304 g/mol. The number of rotatable bonds is 4. The molecule has 0 aliphatic heterocycles. The fraction of sp³-hybridized carbons (Fsp3) is 0.133. The Hall–Kier alpha value is -2.60. The van der Waals surface area contributed by atoms with Crippen LogP contribution in [-0.4, -0.2) is 26.9 Å². The van der Waals surface area contributed by atoms with Crippen LogP contribution >= 0.6 is 11.6 Å². The zero-order valence-electron chi connectivity index (χ0n) is 11.8. The number of benzene rings is 2. The van der Waals surface area contributed by atoms with Crippen molar-refractivity contribution in [3.8, 4) is 11.4 Å². The summed E-state index contributed by atoms with van der Waals surface area (Å²) in [6, 6.07) is 14.3. The van der Waals surface area contributed by atoms with Crippen molar-refractivity contribution in [3.05, 3.63) is 69.6 Å². The standard InChI is InChI=1S/C15H13ClN4O2/c1-22-14-4-2-3-11(9-14)10-19-15(21)20(18-17-19)13-7-5-12(16)6-8-13/h2-9H,10H2,1H3. The van der Waals surface area contributed by atoms with Gasteiger partial charge in [0.1, 0.15) is 5.75 Å². The van der Waals surface area contributed by atoms with Gasteiger partial charge in [0, 0.05) is 5.02 Å². The van der Waals surface area contributed by atoms with Crippen molar-refractivity contribution >= 4 is 11.6 Å². The van der Waals surface area contributed by atoms with E-state index < -0.39 is 0 Å². The molecule has 0 fully saturated rings. The van der Waals surface area contributed by atoms with Gasteiger partial charge in [-0.1, -0.05) is 23.7 Å². The lowest BCUT2D eigenvalue weighted by Gasteiger charge is -2.03. The van der Waals surface area contributed by atoms with Gasteiger partial charge in [-0.25, -0.2) is 4.79 Å². The lowest BCUT2D eigenvalue weighted by Crippen LogP contribution is -2.24. The minimum atomic E-state index is -0.315. The Balaban J connectivity index is 1.90. The number of tetrazole rings is 1. The largest absolute Gasteiger partial charge is 0.497 e. The fourth-order valence-electron chi connectivity index (χ4n) is 2.06. The van der Waals surface area contributed by atoms with E-state index in [4.69, 9.17) is 16.3 Å². The summed E-state index contributed by atoms with van der Waals surface area (Å²) in [4.78, 5) is 12.3. The summed E-state index contributed by atoms with van der Waals surface area (Å²) >= 11 is 5.84. The van der Waals surface area contributed by atoms with Crippen LogP contribution in [0.4, 0.5) is 0 Å². The van der Waals surface area contributed by atoms with Crippen molar-refractivity contribution < 1.29 is 4.74 Å². The van der Waals surface area contributed by atoms with Crippen LogP contribution in [0, 0.1) is 0 Å². The molecule has 1 aromatic heterocycles. The van der Waals surface area contributed by atoms with Gasteiger partial charge in [0.05, 0.1) is 19.3 Å². The van der Waals surface area contributed by atoms with E-state index in [2.05, 4.69) is 10.4 Å². The second kappa shape index (κ2) is 6.03. The summed E-state index contributed by atoms with van der Waals surface area (Å²) in [7, 11) is 1.60. The zero-order chi connectivity index (χ0) is 15.5. The quantitative estimate of drug-likeness (QED) is 0.740. The minimum Gasteiger partial charge on any atom is -0.497 e. The highest BCUT2D eigenvalue weighted by Crippen LogP contribution is 2.13. The van der Waals surface area contributed by atoms with Gasteiger partial charge in [0.15, 0.2) is 0 Å². The first-order valence-corrected chi connectivity index (χ1v) is 6.97. The summed E-state index contributed by atoms with van der Waals surface area (Å²) in [5.74, 6) is 0.732. The maximum atomic E-state index is 12.3. The Labute approximate surface area is 131 Å². The SMILES string of the molecule is COc1cccc(Cn2nnn(-c3ccc(Cl)cc3)c2=O)c1. The Kier molecular flexibility index (Phi) is 3.93. The number of aromatic nitrogens is 4. The van der Waals surface area contributed by atoms with E-state index >= 15 is 0 Å². The monoisotopic (exact) mass is 316 g/mol. The van der Waals surface area contributed by atoms with E-state index in [1.807, 2.05) is 24.3 Å². The average Bonchev–Trinajstić information content (AvgIpc) is 2.89. The van der Waals surface area contributed by atoms with Crippen molar-refractivity contribution in [3.63, 3.8) is 0 Å². The van der Waals surface area contributed by atoms with Crippen LogP contribution in [0.1, 0.15) is 5.56 Å². The summed E-state index contributed by atoms with van der Waals surface area (Å²) in [5.41, 5.74) is 1.21. The highest BCUT2D eigenvalue weighted by atomic mass is 35.5. The van der Waals surface area contributed by atoms with Crippen molar-refractivity contribution in [1.82, 2.24) is 19.8 Å². The molecule has 0 unspecified atom stereocenters. The third-order valence-corrected chi connectivity index (χ3v) is 3.43. The first-order valence-electron chi connectivity index (χ1n) is 6.59. The molecule has 0 saturated carbocycles. The predicted octanol–water partition coefficient (Wildman–Crippen LogP) is 2.14. The van der Waals surface area contributed by atoms with Gasteiger partial charge in [-0.15, -0.1) is 0 Å². The van der Waals surface area contributed by atoms with E-state index in [1.165, 1.54) is 9.36 Å². The van der Waals surface area contributed by atoms with Crippen molar-refractivity contribution in [1.29, 1.82) is 0 Å². The highest BCUT2D eigenvalue weighted by molar-refractivity contribution is 6.30. The topological polar surface area (TPSA) is 61.9 Å². The van der Waals surface area contributed by atoms with Crippen LogP contribution in [0.3, 0.4) is 0 Å². The van der Waals surface area contributed by atoms with E-state index in [0.29, 0.717) is 17.3 Å². The van der Waals surface area contributed by atoms with Crippen molar-refractivity contribution in [2.45, 2.75) is 6.54 Å². The van der Waals surface area contributed by atoms with Crippen LogP contribution in [0.2, 0.25) is 5.02 Å². The molecule has 0 amide bonds. The van der Waals surface area contributed by atoms with Crippen molar-refractivity contribution in [2.75, 3.05) is 7.11 Å². The van der Waals surface area contributed by atoms with Gasteiger partial charge in [0.2, 0.25) is 0 Å². The van der Waals surface area contributed by atoms with Crippen LogP contribution in [0.5, 0.6) is 5.75 Å². The zero-order valence-corrected chi connectivity index (χ0v) is 12.6. The van der Waals surface area contributed by atoms with E-state index in [-0.39, 0.29) is 5.69 Å². The minimum absolute atomic E-state index is 0.315. The average molecular weight is 317 g/mol. The van der Waals surface area contributed by atoms with Gasteiger partial charge < -0.3 is 4.74 Å². The summed E-state index contributed by atoms with van der Waals surface area (Å²) in [6.45, 7) is 0.323. The number of methoxy groups -OCH3 is 1. The van der Waals surface area contributed by atoms with Crippen LogP contribution < -0.4 is 10.4 Å². The van der Waals surface area contributed by atoms with Crippen LogP contribution in [-0.2, 0) is 6.54 Å². The summed E-state index contributed by atoms with van der Waals surface area (Å²) in [5, 5.41) is 8.40. The molecule has 7 heteroatoms. The Bertz CT molecular complexity index is 839. The van der Waals surface area contributed by atoms with E-state index in [9.17, 15) is 4.79 Å². The number of hydrogen-bond donors (Lipinski definition) is 0. The van der Waals surface area contributed by atoms with E-state index in [1.54, 1.807) is 31.4 Å². The van der Waals surface area contributed by atoms with Gasteiger partial charge in [0.25, 0.3) is 0 Å². The number of hydrogen-bond acceptors (Lipinski definition) is 4. The van der Waals surface area contributed by atoms with Crippen LogP contribution in [0.25, 0.3) is 5.69 Å². The maximum absolute atomic E-state index is 12.3. The molecule has 0 radical (unpaired) electrons. The Morgan fingerprint density at radius 1 is 1.14 bits per heavy atom. The first-order chi connectivity index (χ1) is 10.7. The lowest BCUT2D eigenvalue weighted by atomic mass is 10.2. The predicted molar refractivity (Wildman–Crippen MR) is 82.7 cm³/mol. The molecular formula is C15H13ClN4O2. The molecule has 6 nitrogen and oxygen atoms in total.